The normalized spacial score (nSPS) is 11.0. The fourth-order valence-corrected chi connectivity index (χ4v) is 2.52. The summed E-state index contributed by atoms with van der Waals surface area (Å²) >= 11 is 0. The zero-order chi connectivity index (χ0) is 21.4. The Bertz CT molecular complexity index is 354. The Morgan fingerprint density at radius 3 is 1.03 bits per heavy atom. The Labute approximate surface area is 175 Å². The van der Waals surface area contributed by atoms with Gasteiger partial charge in [0.05, 0.1) is 0 Å². The van der Waals surface area contributed by atoms with Crippen LogP contribution in [0.4, 0.5) is 0 Å². The second-order valence-corrected chi connectivity index (χ2v) is 6.85. The van der Waals surface area contributed by atoms with E-state index in [4.69, 9.17) is 10.2 Å². The lowest BCUT2D eigenvalue weighted by Crippen LogP contribution is -2.37. The molecule has 0 bridgehead atoms. The molecule has 0 atom stereocenters. The second kappa shape index (κ2) is 23.0. The van der Waals surface area contributed by atoms with Gasteiger partial charge in [-0.1, -0.05) is 0 Å². The highest BCUT2D eigenvalue weighted by molar-refractivity contribution is 5.66. The van der Waals surface area contributed by atoms with Gasteiger partial charge in [0, 0.05) is 78.3 Å². The van der Waals surface area contributed by atoms with Gasteiger partial charge in [-0.05, 0) is 32.4 Å². The molecule has 0 aromatic rings. The number of hydrogen-bond acceptors (Lipinski definition) is 8. The molecule has 0 spiro atoms. The van der Waals surface area contributed by atoms with E-state index in [-0.39, 0.29) is 12.8 Å². The molecule has 0 saturated carbocycles. The molecular formula is C19H42N6O4. The third-order valence-corrected chi connectivity index (χ3v) is 4.13. The largest absolute Gasteiger partial charge is 0.481 e. The molecule has 172 valence electrons. The van der Waals surface area contributed by atoms with E-state index in [0.717, 1.165) is 91.4 Å². The van der Waals surface area contributed by atoms with Crippen molar-refractivity contribution in [3.63, 3.8) is 0 Å². The van der Waals surface area contributed by atoms with Crippen LogP contribution in [0.1, 0.15) is 32.1 Å². The maximum absolute atomic E-state index is 10.4. The van der Waals surface area contributed by atoms with E-state index in [2.05, 4.69) is 31.9 Å². The van der Waals surface area contributed by atoms with Gasteiger partial charge in [-0.3, -0.25) is 9.59 Å². The lowest BCUT2D eigenvalue weighted by molar-refractivity contribution is -0.138. The van der Waals surface area contributed by atoms with Crippen LogP contribution >= 0.6 is 0 Å². The van der Waals surface area contributed by atoms with Gasteiger partial charge >= 0.3 is 11.9 Å². The molecule has 0 rings (SSSR count). The predicted octanol–water partition coefficient (Wildman–Crippen LogP) is -1.36. The number of aliphatic carboxylic acids is 2. The Morgan fingerprint density at radius 1 is 0.414 bits per heavy atom. The fraction of sp³-hybridized carbons (Fsp3) is 0.895. The minimum absolute atomic E-state index is 0.225. The molecule has 8 N–H and O–H groups in total. The number of carbonyl (C=O) groups is 2. The molecule has 29 heavy (non-hydrogen) atoms. The number of unbranched alkanes of at least 4 members (excludes halogenated alkanes) is 1. The topological polar surface area (TPSA) is 147 Å². The van der Waals surface area contributed by atoms with Crippen molar-refractivity contribution < 1.29 is 19.8 Å². The van der Waals surface area contributed by atoms with Gasteiger partial charge in [-0.15, -0.1) is 0 Å². The van der Waals surface area contributed by atoms with Crippen LogP contribution in [0.3, 0.4) is 0 Å². The molecule has 0 amide bonds. The molecule has 0 aliphatic heterocycles. The van der Waals surface area contributed by atoms with Crippen LogP contribution in [-0.4, -0.2) is 101 Å². The summed E-state index contributed by atoms with van der Waals surface area (Å²) < 4.78 is 0. The molecule has 10 heteroatoms. The van der Waals surface area contributed by atoms with Crippen LogP contribution < -0.4 is 31.9 Å². The van der Waals surface area contributed by atoms with E-state index >= 15 is 0 Å². The minimum Gasteiger partial charge on any atom is -0.481 e. The maximum Gasteiger partial charge on any atom is 0.303 e. The SMILES string of the molecule is O=C(O)CCCCNCCNCCNCCNCCNCCNCCCC(=O)O. The van der Waals surface area contributed by atoms with Gasteiger partial charge in [0.1, 0.15) is 0 Å². The van der Waals surface area contributed by atoms with Crippen molar-refractivity contribution in [3.8, 4) is 0 Å². The van der Waals surface area contributed by atoms with E-state index in [1.54, 1.807) is 0 Å². The summed E-state index contributed by atoms with van der Waals surface area (Å²) in [5, 5.41) is 37.0. The van der Waals surface area contributed by atoms with Crippen molar-refractivity contribution in [3.05, 3.63) is 0 Å². The first-order valence-electron chi connectivity index (χ1n) is 10.8. The molecule has 0 fully saturated rings. The Kier molecular flexibility index (Phi) is 22.0. The molecule has 0 unspecified atom stereocenters. The first-order valence-corrected chi connectivity index (χ1v) is 10.8. The Morgan fingerprint density at radius 2 is 0.690 bits per heavy atom. The molecule has 10 nitrogen and oxygen atoms in total. The second-order valence-electron chi connectivity index (χ2n) is 6.85. The minimum atomic E-state index is -0.739. The van der Waals surface area contributed by atoms with Crippen LogP contribution in [-0.2, 0) is 9.59 Å². The summed E-state index contributed by atoms with van der Waals surface area (Å²) in [6.45, 7) is 10.8. The molecule has 0 aromatic heterocycles. The van der Waals surface area contributed by atoms with Crippen molar-refractivity contribution in [2.24, 2.45) is 0 Å². The third kappa shape index (κ3) is 26.7. The highest BCUT2D eigenvalue weighted by Gasteiger charge is 1.96. The van der Waals surface area contributed by atoms with Crippen LogP contribution in [0.5, 0.6) is 0 Å². The zero-order valence-electron chi connectivity index (χ0n) is 17.7. The molecule has 0 aliphatic rings. The smallest absolute Gasteiger partial charge is 0.303 e. The maximum atomic E-state index is 10.4. The lowest BCUT2D eigenvalue weighted by Gasteiger charge is -2.09. The quantitative estimate of drug-likeness (QED) is 0.0885. The number of rotatable bonds is 24. The average molecular weight is 419 g/mol. The standard InChI is InChI=1S/C19H42N6O4/c26-18(27)4-1-2-6-20-8-10-22-12-14-24-16-17-25-15-13-23-11-9-21-7-3-5-19(28)29/h20-25H,1-17H2,(H,26,27)(H,28,29). The van der Waals surface area contributed by atoms with E-state index < -0.39 is 11.9 Å². The lowest BCUT2D eigenvalue weighted by atomic mass is 10.2. The summed E-state index contributed by atoms with van der Waals surface area (Å²) in [7, 11) is 0. The van der Waals surface area contributed by atoms with Crippen molar-refractivity contribution >= 4 is 11.9 Å². The van der Waals surface area contributed by atoms with E-state index in [9.17, 15) is 9.59 Å². The Hall–Kier alpha value is -1.30. The van der Waals surface area contributed by atoms with Gasteiger partial charge in [0.25, 0.3) is 0 Å². The van der Waals surface area contributed by atoms with Gasteiger partial charge in [-0.25, -0.2) is 0 Å². The van der Waals surface area contributed by atoms with E-state index in [1.807, 2.05) is 0 Å². The van der Waals surface area contributed by atoms with Crippen molar-refractivity contribution in [2.75, 3.05) is 78.5 Å². The molecule has 0 saturated heterocycles. The van der Waals surface area contributed by atoms with Crippen LogP contribution in [0.25, 0.3) is 0 Å². The number of carboxylic acids is 2. The molecule has 0 aliphatic carbocycles. The van der Waals surface area contributed by atoms with Crippen molar-refractivity contribution in [1.29, 1.82) is 0 Å². The average Bonchev–Trinajstić information content (AvgIpc) is 2.68. The fourth-order valence-electron chi connectivity index (χ4n) is 2.52. The van der Waals surface area contributed by atoms with E-state index in [1.165, 1.54) is 0 Å². The number of hydrogen-bond donors (Lipinski definition) is 8. The molecular weight excluding hydrogens is 376 g/mol. The summed E-state index contributed by atoms with van der Waals surface area (Å²) in [4.78, 5) is 20.7. The predicted molar refractivity (Wildman–Crippen MR) is 116 cm³/mol. The number of nitrogens with one attached hydrogen (secondary N) is 6. The zero-order valence-corrected chi connectivity index (χ0v) is 17.7. The molecule has 0 heterocycles. The molecule has 0 aromatic carbocycles. The summed E-state index contributed by atoms with van der Waals surface area (Å²) in [6, 6.07) is 0. The first-order chi connectivity index (χ1) is 14.1. The van der Waals surface area contributed by atoms with Crippen LogP contribution in [0.15, 0.2) is 0 Å². The van der Waals surface area contributed by atoms with Crippen LogP contribution in [0.2, 0.25) is 0 Å². The van der Waals surface area contributed by atoms with Crippen molar-refractivity contribution in [2.45, 2.75) is 32.1 Å². The first kappa shape index (κ1) is 27.7. The highest BCUT2D eigenvalue weighted by atomic mass is 16.4. The summed E-state index contributed by atoms with van der Waals surface area (Å²) in [5.74, 6) is -1.46. The van der Waals surface area contributed by atoms with Gasteiger partial charge < -0.3 is 42.1 Å². The van der Waals surface area contributed by atoms with Gasteiger partial charge in [0.2, 0.25) is 0 Å². The number of carboxylic acid groups (broad SMARTS) is 2. The summed E-state index contributed by atoms with van der Waals surface area (Å²) in [6.07, 6.45) is 2.79. The van der Waals surface area contributed by atoms with Gasteiger partial charge in [0.15, 0.2) is 0 Å². The van der Waals surface area contributed by atoms with Gasteiger partial charge in [-0.2, -0.15) is 0 Å². The highest BCUT2D eigenvalue weighted by Crippen LogP contribution is 1.92. The van der Waals surface area contributed by atoms with E-state index in [0.29, 0.717) is 6.42 Å². The molecule has 0 radical (unpaired) electrons. The monoisotopic (exact) mass is 418 g/mol. The Balaban J connectivity index is 3.01. The van der Waals surface area contributed by atoms with Crippen LogP contribution in [0, 0.1) is 0 Å². The third-order valence-electron chi connectivity index (χ3n) is 4.13. The van der Waals surface area contributed by atoms with Crippen molar-refractivity contribution in [1.82, 2.24) is 31.9 Å². The summed E-state index contributed by atoms with van der Waals surface area (Å²) in [5.41, 5.74) is 0.